The van der Waals surface area contributed by atoms with E-state index in [9.17, 15) is 13.2 Å². The highest BCUT2D eigenvalue weighted by molar-refractivity contribution is 7.91. The number of hydrogen-bond donors (Lipinski definition) is 1. The minimum Gasteiger partial charge on any atom is -0.341 e. The zero-order chi connectivity index (χ0) is 15.5. The molecule has 2 saturated heterocycles. The molecule has 0 aromatic carbocycles. The largest absolute Gasteiger partial charge is 0.341 e. The predicted octanol–water partition coefficient (Wildman–Crippen LogP) is -0.165. The van der Waals surface area contributed by atoms with Gasteiger partial charge >= 0.3 is 0 Å². The van der Waals surface area contributed by atoms with Crippen molar-refractivity contribution in [2.45, 2.75) is 44.2 Å². The van der Waals surface area contributed by atoms with Crippen molar-refractivity contribution in [1.82, 2.24) is 9.80 Å². The molecule has 21 heavy (non-hydrogen) atoms. The minimum atomic E-state index is -2.95. The number of rotatable bonds is 5. The Hall–Kier alpha value is -0.660. The van der Waals surface area contributed by atoms with Gasteiger partial charge in [0, 0.05) is 19.1 Å². The van der Waals surface area contributed by atoms with Gasteiger partial charge in [0.1, 0.15) is 0 Å². The number of amides is 1. The maximum absolute atomic E-state index is 12.4. The summed E-state index contributed by atoms with van der Waals surface area (Å²) < 4.78 is 23.1. The number of likely N-dealkylation sites (N-methyl/N-ethyl adjacent to an activating group) is 1. The molecule has 7 heteroatoms. The Morgan fingerprint density at radius 1 is 1.33 bits per heavy atom. The molecule has 0 aliphatic carbocycles. The van der Waals surface area contributed by atoms with Gasteiger partial charge in [-0.15, -0.1) is 0 Å². The lowest BCUT2D eigenvalue weighted by molar-refractivity contribution is -0.133. The van der Waals surface area contributed by atoms with Gasteiger partial charge in [-0.3, -0.25) is 9.69 Å². The van der Waals surface area contributed by atoms with Crippen molar-refractivity contribution in [3.63, 3.8) is 0 Å². The van der Waals surface area contributed by atoms with E-state index in [0.717, 1.165) is 25.8 Å². The van der Waals surface area contributed by atoms with Crippen LogP contribution in [-0.4, -0.2) is 74.4 Å². The van der Waals surface area contributed by atoms with Gasteiger partial charge in [0.15, 0.2) is 9.84 Å². The van der Waals surface area contributed by atoms with Gasteiger partial charge in [0.05, 0.1) is 18.1 Å². The lowest BCUT2D eigenvalue weighted by atomic mass is 9.99. The van der Waals surface area contributed by atoms with E-state index in [0.29, 0.717) is 25.6 Å². The number of carbonyl (C=O) groups is 1. The fourth-order valence-electron chi connectivity index (χ4n) is 3.36. The number of likely N-dealkylation sites (tertiary alicyclic amines) is 1. The molecular weight excluding hydrogens is 290 g/mol. The number of sulfone groups is 1. The SMILES string of the molecule is CN(C(=O)CN1CCCCC1CCN)C1CCS(=O)(=O)C1. The number of piperidine rings is 1. The standard InChI is InChI=1S/C14H27N3O3S/c1-16(13-6-9-21(19,20)11-13)14(18)10-17-8-3-2-4-12(17)5-7-15/h12-13H,2-11,15H2,1H3. The van der Waals surface area contributed by atoms with Crippen molar-refractivity contribution in [1.29, 1.82) is 0 Å². The highest BCUT2D eigenvalue weighted by Gasteiger charge is 2.33. The Labute approximate surface area is 127 Å². The molecule has 2 aliphatic heterocycles. The molecule has 0 saturated carbocycles. The van der Waals surface area contributed by atoms with Gasteiger partial charge in [-0.1, -0.05) is 6.42 Å². The molecule has 1 amide bonds. The van der Waals surface area contributed by atoms with Crippen LogP contribution in [0.4, 0.5) is 0 Å². The van der Waals surface area contributed by atoms with Gasteiger partial charge in [-0.25, -0.2) is 8.42 Å². The van der Waals surface area contributed by atoms with Crippen LogP contribution in [0.2, 0.25) is 0 Å². The molecule has 2 atom stereocenters. The first-order valence-corrected chi connectivity index (χ1v) is 9.65. The summed E-state index contributed by atoms with van der Waals surface area (Å²) in [6.07, 6.45) is 4.92. The van der Waals surface area contributed by atoms with E-state index in [2.05, 4.69) is 4.90 Å². The molecule has 2 fully saturated rings. The quantitative estimate of drug-likeness (QED) is 0.761. The first kappa shape index (κ1) is 16.7. The summed E-state index contributed by atoms with van der Waals surface area (Å²) >= 11 is 0. The highest BCUT2D eigenvalue weighted by Crippen LogP contribution is 2.21. The molecule has 2 unspecified atom stereocenters. The average molecular weight is 317 g/mol. The lowest BCUT2D eigenvalue weighted by Crippen LogP contribution is -2.48. The molecule has 0 bridgehead atoms. The van der Waals surface area contributed by atoms with Gasteiger partial charge in [0.2, 0.25) is 5.91 Å². The number of hydrogen-bond acceptors (Lipinski definition) is 5. The monoisotopic (exact) mass is 317 g/mol. The summed E-state index contributed by atoms with van der Waals surface area (Å²) in [5.74, 6) is 0.344. The third-order valence-corrected chi connectivity index (χ3v) is 6.49. The van der Waals surface area contributed by atoms with Crippen molar-refractivity contribution in [2.24, 2.45) is 5.73 Å². The fourth-order valence-corrected chi connectivity index (χ4v) is 5.13. The number of nitrogens with two attached hydrogens (primary N) is 1. The molecule has 2 aliphatic rings. The summed E-state index contributed by atoms with van der Waals surface area (Å²) in [5, 5.41) is 0. The maximum atomic E-state index is 12.4. The van der Waals surface area contributed by atoms with E-state index < -0.39 is 9.84 Å². The molecule has 0 spiro atoms. The molecule has 2 rings (SSSR count). The van der Waals surface area contributed by atoms with Crippen LogP contribution in [0, 0.1) is 0 Å². The third kappa shape index (κ3) is 4.40. The first-order valence-electron chi connectivity index (χ1n) is 7.83. The number of carbonyl (C=O) groups excluding carboxylic acids is 1. The summed E-state index contributed by atoms with van der Waals surface area (Å²) in [6, 6.07) is 0.244. The van der Waals surface area contributed by atoms with Crippen molar-refractivity contribution in [2.75, 3.05) is 38.2 Å². The Morgan fingerprint density at radius 3 is 2.71 bits per heavy atom. The molecule has 0 aromatic rings. The third-order valence-electron chi connectivity index (χ3n) is 4.74. The second-order valence-electron chi connectivity index (χ2n) is 6.26. The van der Waals surface area contributed by atoms with Crippen LogP contribution >= 0.6 is 0 Å². The summed E-state index contributed by atoms with van der Waals surface area (Å²) in [4.78, 5) is 16.3. The summed E-state index contributed by atoms with van der Waals surface area (Å²) in [5.41, 5.74) is 5.65. The predicted molar refractivity (Wildman–Crippen MR) is 82.7 cm³/mol. The van der Waals surface area contributed by atoms with E-state index in [-0.39, 0.29) is 23.5 Å². The smallest absolute Gasteiger partial charge is 0.236 e. The Bertz CT molecular complexity index is 464. The second-order valence-corrected chi connectivity index (χ2v) is 8.49. The molecule has 2 N–H and O–H groups in total. The summed E-state index contributed by atoms with van der Waals surface area (Å²) in [6.45, 7) is 1.97. The first-order chi connectivity index (χ1) is 9.93. The van der Waals surface area contributed by atoms with E-state index in [1.165, 1.54) is 6.42 Å². The average Bonchev–Trinajstić information content (AvgIpc) is 2.80. The van der Waals surface area contributed by atoms with Crippen molar-refractivity contribution < 1.29 is 13.2 Å². The molecule has 6 nitrogen and oxygen atoms in total. The molecule has 122 valence electrons. The summed E-state index contributed by atoms with van der Waals surface area (Å²) in [7, 11) is -1.22. The number of nitrogens with zero attached hydrogens (tertiary/aromatic N) is 2. The zero-order valence-corrected chi connectivity index (χ0v) is 13.6. The van der Waals surface area contributed by atoms with Crippen molar-refractivity contribution >= 4 is 15.7 Å². The van der Waals surface area contributed by atoms with Gasteiger partial charge in [-0.05, 0) is 38.8 Å². The van der Waals surface area contributed by atoms with E-state index in [1.54, 1.807) is 11.9 Å². The van der Waals surface area contributed by atoms with E-state index in [1.807, 2.05) is 0 Å². The fraction of sp³-hybridized carbons (Fsp3) is 0.929. The molecular formula is C14H27N3O3S. The lowest BCUT2D eigenvalue weighted by Gasteiger charge is -2.36. The van der Waals surface area contributed by atoms with E-state index >= 15 is 0 Å². The van der Waals surface area contributed by atoms with Crippen LogP contribution in [0.3, 0.4) is 0 Å². The van der Waals surface area contributed by atoms with Crippen molar-refractivity contribution in [3.8, 4) is 0 Å². The molecule has 0 radical (unpaired) electrons. The normalized spacial score (nSPS) is 29.4. The van der Waals surface area contributed by atoms with Crippen LogP contribution in [0.5, 0.6) is 0 Å². The van der Waals surface area contributed by atoms with Crippen LogP contribution in [0.25, 0.3) is 0 Å². The Kier molecular flexibility index (Phi) is 5.62. The van der Waals surface area contributed by atoms with Crippen LogP contribution < -0.4 is 5.73 Å². The second kappa shape index (κ2) is 7.07. The van der Waals surface area contributed by atoms with Crippen LogP contribution in [-0.2, 0) is 14.6 Å². The molecule has 0 aromatic heterocycles. The minimum absolute atomic E-state index is 0.0287. The van der Waals surface area contributed by atoms with Gasteiger partial charge < -0.3 is 10.6 Å². The van der Waals surface area contributed by atoms with Crippen LogP contribution in [0.15, 0.2) is 0 Å². The van der Waals surface area contributed by atoms with E-state index in [4.69, 9.17) is 5.73 Å². The Balaban J connectivity index is 1.90. The topological polar surface area (TPSA) is 83.7 Å². The highest BCUT2D eigenvalue weighted by atomic mass is 32.2. The molecule has 2 heterocycles. The van der Waals surface area contributed by atoms with Crippen LogP contribution in [0.1, 0.15) is 32.1 Å². The van der Waals surface area contributed by atoms with Gasteiger partial charge in [0.25, 0.3) is 0 Å². The zero-order valence-electron chi connectivity index (χ0n) is 12.8. The van der Waals surface area contributed by atoms with Gasteiger partial charge in [-0.2, -0.15) is 0 Å². The van der Waals surface area contributed by atoms with Crippen molar-refractivity contribution in [3.05, 3.63) is 0 Å². The maximum Gasteiger partial charge on any atom is 0.236 e. The Morgan fingerprint density at radius 2 is 2.10 bits per heavy atom.